The van der Waals surface area contributed by atoms with Crippen LogP contribution in [0.5, 0.6) is 0 Å². The van der Waals surface area contributed by atoms with Crippen molar-refractivity contribution in [3.63, 3.8) is 0 Å². The molecule has 0 atom stereocenters. The van der Waals surface area contributed by atoms with Crippen molar-refractivity contribution in [2.24, 2.45) is 16.7 Å². The summed E-state index contributed by atoms with van der Waals surface area (Å²) in [6.45, 7) is 2.10. The molecule has 0 saturated carbocycles. The highest BCUT2D eigenvalue weighted by Crippen LogP contribution is 2.19. The summed E-state index contributed by atoms with van der Waals surface area (Å²) >= 11 is 0. The van der Waals surface area contributed by atoms with Crippen molar-refractivity contribution in [1.82, 2.24) is 0 Å². The first-order valence-corrected chi connectivity index (χ1v) is 8.48. The van der Waals surface area contributed by atoms with E-state index in [1.165, 1.54) is 13.8 Å². The summed E-state index contributed by atoms with van der Waals surface area (Å²) in [6, 6.07) is 0. The molecule has 0 fully saturated rings. The van der Waals surface area contributed by atoms with Gasteiger partial charge in [0.05, 0.1) is 32.5 Å². The van der Waals surface area contributed by atoms with Crippen LogP contribution in [0.3, 0.4) is 0 Å². The van der Waals surface area contributed by atoms with Crippen LogP contribution in [0, 0.1) is 16.7 Å². The molecule has 0 radical (unpaired) electrons. The Morgan fingerprint density at radius 2 is 1.11 bits per heavy atom. The number of esters is 3. The standard InChI is InChI=1S/C17H30O10/c1-11(2)27-13(22)12(5-25-14(23)16(3,7-18)8-19)6-26-15(24)17(4,9-20)10-21/h11-12,18-21H,5-10H2,1-4H3. The Labute approximate surface area is 158 Å². The van der Waals surface area contributed by atoms with E-state index in [1.807, 2.05) is 0 Å². The molecule has 4 N–H and O–H groups in total. The highest BCUT2D eigenvalue weighted by Gasteiger charge is 2.37. The van der Waals surface area contributed by atoms with Crippen LogP contribution in [0.4, 0.5) is 0 Å². The minimum absolute atomic E-state index is 0.466. The quantitative estimate of drug-likeness (QED) is 0.229. The molecule has 0 aromatic carbocycles. The topological polar surface area (TPSA) is 160 Å². The van der Waals surface area contributed by atoms with E-state index in [1.54, 1.807) is 13.8 Å². The second-order valence-electron chi connectivity index (χ2n) is 7.13. The van der Waals surface area contributed by atoms with Crippen LogP contribution < -0.4 is 0 Å². The Kier molecular flexibility index (Phi) is 10.5. The second kappa shape index (κ2) is 11.2. The number of carbonyl (C=O) groups excluding carboxylic acids is 3. The van der Waals surface area contributed by atoms with Gasteiger partial charge in [-0.1, -0.05) is 0 Å². The third-order valence-electron chi connectivity index (χ3n) is 3.90. The zero-order chi connectivity index (χ0) is 21.3. The van der Waals surface area contributed by atoms with Gasteiger partial charge in [0.15, 0.2) is 0 Å². The first-order valence-electron chi connectivity index (χ1n) is 8.48. The van der Waals surface area contributed by atoms with Gasteiger partial charge in [-0.2, -0.15) is 0 Å². The SMILES string of the molecule is CC(C)OC(=O)C(COC(=O)C(C)(CO)CO)COC(=O)C(C)(CO)CO. The van der Waals surface area contributed by atoms with Gasteiger partial charge in [0.2, 0.25) is 0 Å². The van der Waals surface area contributed by atoms with E-state index in [0.717, 1.165) is 0 Å². The van der Waals surface area contributed by atoms with Gasteiger partial charge in [0, 0.05) is 0 Å². The van der Waals surface area contributed by atoms with Crippen LogP contribution in [0.25, 0.3) is 0 Å². The smallest absolute Gasteiger partial charge is 0.316 e. The fourth-order valence-corrected chi connectivity index (χ4v) is 1.57. The first kappa shape index (κ1) is 25.2. The molecular formula is C17H30O10. The molecule has 0 saturated heterocycles. The molecule has 158 valence electrons. The molecule has 0 amide bonds. The minimum atomic E-state index is -1.55. The van der Waals surface area contributed by atoms with Gasteiger partial charge in [0.25, 0.3) is 0 Å². The Bertz CT molecular complexity index is 460. The fourth-order valence-electron chi connectivity index (χ4n) is 1.57. The Morgan fingerprint density at radius 3 is 1.37 bits per heavy atom. The second-order valence-corrected chi connectivity index (χ2v) is 7.13. The van der Waals surface area contributed by atoms with Gasteiger partial charge in [0.1, 0.15) is 30.0 Å². The molecule has 0 rings (SSSR count). The van der Waals surface area contributed by atoms with Crippen molar-refractivity contribution < 1.29 is 49.0 Å². The van der Waals surface area contributed by atoms with Gasteiger partial charge in [-0.15, -0.1) is 0 Å². The van der Waals surface area contributed by atoms with Crippen molar-refractivity contribution in [3.05, 3.63) is 0 Å². The predicted molar refractivity (Wildman–Crippen MR) is 91.2 cm³/mol. The predicted octanol–water partition coefficient (Wildman–Crippen LogP) is -1.38. The highest BCUT2D eigenvalue weighted by atomic mass is 16.6. The Balaban J connectivity index is 5.07. The lowest BCUT2D eigenvalue weighted by atomic mass is 9.93. The normalized spacial score (nSPS) is 12.2. The number of ether oxygens (including phenoxy) is 3. The van der Waals surface area contributed by atoms with E-state index in [-0.39, 0.29) is 0 Å². The maximum atomic E-state index is 12.2. The van der Waals surface area contributed by atoms with Crippen molar-refractivity contribution in [3.8, 4) is 0 Å². The molecule has 0 bridgehead atoms. The van der Waals surface area contributed by atoms with Crippen molar-refractivity contribution in [2.45, 2.75) is 33.8 Å². The van der Waals surface area contributed by atoms with E-state index in [0.29, 0.717) is 0 Å². The van der Waals surface area contributed by atoms with E-state index in [2.05, 4.69) is 0 Å². The summed E-state index contributed by atoms with van der Waals surface area (Å²) in [5.41, 5.74) is -3.09. The van der Waals surface area contributed by atoms with Crippen molar-refractivity contribution >= 4 is 17.9 Å². The van der Waals surface area contributed by atoms with Crippen molar-refractivity contribution in [1.29, 1.82) is 0 Å². The van der Waals surface area contributed by atoms with E-state index in [4.69, 9.17) is 14.2 Å². The monoisotopic (exact) mass is 394 g/mol. The maximum absolute atomic E-state index is 12.2. The Hall–Kier alpha value is -1.75. The fraction of sp³-hybridized carbons (Fsp3) is 0.824. The average molecular weight is 394 g/mol. The number of rotatable bonds is 12. The third-order valence-corrected chi connectivity index (χ3v) is 3.90. The molecule has 0 spiro atoms. The van der Waals surface area contributed by atoms with Gasteiger partial charge >= 0.3 is 17.9 Å². The number of hydrogen-bond donors (Lipinski definition) is 4. The molecule has 0 aliphatic carbocycles. The van der Waals surface area contributed by atoms with E-state index in [9.17, 15) is 34.8 Å². The molecule has 0 aliphatic heterocycles. The van der Waals surface area contributed by atoms with Crippen LogP contribution in [0.15, 0.2) is 0 Å². The Morgan fingerprint density at radius 1 is 0.778 bits per heavy atom. The van der Waals surface area contributed by atoms with Crippen LogP contribution in [0.1, 0.15) is 27.7 Å². The van der Waals surface area contributed by atoms with E-state index < -0.39 is 80.4 Å². The van der Waals surface area contributed by atoms with E-state index >= 15 is 0 Å². The molecular weight excluding hydrogens is 364 g/mol. The molecule has 10 heteroatoms. The van der Waals surface area contributed by atoms with Crippen LogP contribution in [-0.4, -0.2) is 84.1 Å². The first-order chi connectivity index (χ1) is 12.5. The maximum Gasteiger partial charge on any atom is 0.316 e. The largest absolute Gasteiger partial charge is 0.464 e. The summed E-state index contributed by atoms with van der Waals surface area (Å²) in [5.74, 6) is -3.81. The molecule has 10 nitrogen and oxygen atoms in total. The lowest BCUT2D eigenvalue weighted by Gasteiger charge is -2.26. The van der Waals surface area contributed by atoms with Crippen molar-refractivity contribution in [2.75, 3.05) is 39.6 Å². The highest BCUT2D eigenvalue weighted by molar-refractivity contribution is 5.79. The van der Waals surface area contributed by atoms with Crippen LogP contribution in [-0.2, 0) is 28.6 Å². The zero-order valence-corrected chi connectivity index (χ0v) is 16.1. The molecule has 0 aromatic rings. The van der Waals surface area contributed by atoms with Crippen LogP contribution in [0.2, 0.25) is 0 Å². The summed E-state index contributed by atoms with van der Waals surface area (Å²) in [4.78, 5) is 36.2. The number of aliphatic hydroxyl groups excluding tert-OH is 4. The van der Waals surface area contributed by atoms with Gasteiger partial charge in [-0.25, -0.2) is 0 Å². The summed E-state index contributed by atoms with van der Waals surface area (Å²) < 4.78 is 15.0. The zero-order valence-electron chi connectivity index (χ0n) is 16.1. The van der Waals surface area contributed by atoms with Gasteiger partial charge < -0.3 is 34.6 Å². The van der Waals surface area contributed by atoms with Gasteiger partial charge in [-0.3, -0.25) is 14.4 Å². The molecule has 0 unspecified atom stereocenters. The summed E-state index contributed by atoms with van der Waals surface area (Å²) in [7, 11) is 0. The third kappa shape index (κ3) is 7.41. The summed E-state index contributed by atoms with van der Waals surface area (Å²) in [6.07, 6.45) is -0.466. The lowest BCUT2D eigenvalue weighted by molar-refractivity contribution is -0.172. The molecule has 0 aliphatic rings. The number of hydrogen-bond acceptors (Lipinski definition) is 10. The number of carbonyl (C=O) groups is 3. The average Bonchev–Trinajstić information content (AvgIpc) is 2.65. The van der Waals surface area contributed by atoms with Crippen LogP contribution >= 0.6 is 0 Å². The number of aliphatic hydroxyl groups is 4. The molecule has 0 aromatic heterocycles. The minimum Gasteiger partial charge on any atom is -0.464 e. The molecule has 0 heterocycles. The van der Waals surface area contributed by atoms with Gasteiger partial charge in [-0.05, 0) is 27.7 Å². The summed E-state index contributed by atoms with van der Waals surface area (Å²) in [5, 5.41) is 36.8. The molecule has 27 heavy (non-hydrogen) atoms. The lowest BCUT2D eigenvalue weighted by Crippen LogP contribution is -2.41.